The third kappa shape index (κ3) is 2.43. The topological polar surface area (TPSA) is 57.4 Å². The number of nitrogens with two attached hydrogens (primary N) is 1. The average molecular weight is 196 g/mol. The van der Waals surface area contributed by atoms with Crippen molar-refractivity contribution < 1.29 is 9.57 Å². The van der Waals surface area contributed by atoms with Gasteiger partial charge in [-0.3, -0.25) is 0 Å². The molecule has 0 atom stereocenters. The van der Waals surface area contributed by atoms with Gasteiger partial charge in [0.25, 0.3) is 0 Å². The zero-order valence-corrected chi connectivity index (χ0v) is 8.78. The van der Waals surface area contributed by atoms with Crippen LogP contribution in [-0.2, 0) is 10.3 Å². The van der Waals surface area contributed by atoms with Crippen molar-refractivity contribution in [3.8, 4) is 5.88 Å². The van der Waals surface area contributed by atoms with Crippen LogP contribution in [0.4, 0.5) is 0 Å². The number of aromatic nitrogens is 1. The Hall–Kier alpha value is -1.13. The third-order valence-corrected chi connectivity index (χ3v) is 2.07. The fraction of sp³-hybridized carbons (Fsp3) is 0.500. The van der Waals surface area contributed by atoms with Crippen molar-refractivity contribution in [2.24, 2.45) is 5.90 Å². The number of rotatable bonds is 4. The van der Waals surface area contributed by atoms with E-state index in [0.717, 1.165) is 5.69 Å². The second-order valence-electron chi connectivity index (χ2n) is 3.76. The molecular formula is C10H16N2O2. The fourth-order valence-electron chi connectivity index (χ4n) is 1.19. The summed E-state index contributed by atoms with van der Waals surface area (Å²) in [7, 11) is 1.60. The zero-order chi connectivity index (χ0) is 10.6. The molecular weight excluding hydrogens is 180 g/mol. The molecule has 0 aromatic carbocycles. The van der Waals surface area contributed by atoms with Crippen LogP contribution in [0.1, 0.15) is 19.5 Å². The molecule has 78 valence electrons. The molecule has 0 bridgehead atoms. The van der Waals surface area contributed by atoms with E-state index in [0.29, 0.717) is 12.5 Å². The lowest BCUT2D eigenvalue weighted by Gasteiger charge is -2.22. The molecule has 0 saturated heterocycles. The highest BCUT2D eigenvalue weighted by Crippen LogP contribution is 2.22. The Morgan fingerprint density at radius 3 is 2.71 bits per heavy atom. The minimum absolute atomic E-state index is 0.205. The lowest BCUT2D eigenvalue weighted by Crippen LogP contribution is -2.27. The van der Waals surface area contributed by atoms with Crippen LogP contribution in [0.15, 0.2) is 18.2 Å². The Morgan fingerprint density at radius 2 is 2.14 bits per heavy atom. The molecule has 4 nitrogen and oxygen atoms in total. The Labute approximate surface area is 84.0 Å². The Kier molecular flexibility index (Phi) is 3.43. The maximum absolute atomic E-state index is 5.06. The van der Waals surface area contributed by atoms with Gasteiger partial charge in [-0.05, 0) is 6.07 Å². The molecule has 14 heavy (non-hydrogen) atoms. The van der Waals surface area contributed by atoms with E-state index in [1.807, 2.05) is 32.0 Å². The summed E-state index contributed by atoms with van der Waals surface area (Å²) in [5, 5.41) is 0. The molecule has 1 heterocycles. The van der Waals surface area contributed by atoms with Crippen LogP contribution in [0.25, 0.3) is 0 Å². The highest BCUT2D eigenvalue weighted by Gasteiger charge is 2.22. The quantitative estimate of drug-likeness (QED) is 0.736. The summed E-state index contributed by atoms with van der Waals surface area (Å²) in [4.78, 5) is 8.98. The van der Waals surface area contributed by atoms with Crippen LogP contribution in [0.3, 0.4) is 0 Å². The highest BCUT2D eigenvalue weighted by molar-refractivity contribution is 5.21. The van der Waals surface area contributed by atoms with Gasteiger partial charge >= 0.3 is 0 Å². The Morgan fingerprint density at radius 1 is 1.43 bits per heavy atom. The number of hydrogen-bond acceptors (Lipinski definition) is 4. The molecule has 4 heteroatoms. The van der Waals surface area contributed by atoms with E-state index >= 15 is 0 Å². The maximum atomic E-state index is 5.06. The van der Waals surface area contributed by atoms with Gasteiger partial charge in [0.1, 0.15) is 0 Å². The highest BCUT2D eigenvalue weighted by atomic mass is 16.6. The first-order chi connectivity index (χ1) is 6.60. The molecule has 2 N–H and O–H groups in total. The normalized spacial score (nSPS) is 11.4. The van der Waals surface area contributed by atoms with Gasteiger partial charge in [-0.15, -0.1) is 0 Å². The summed E-state index contributed by atoms with van der Waals surface area (Å²) < 4.78 is 5.04. The van der Waals surface area contributed by atoms with Crippen LogP contribution in [0.5, 0.6) is 5.88 Å². The summed E-state index contributed by atoms with van der Waals surface area (Å²) in [6.07, 6.45) is 0. The van der Waals surface area contributed by atoms with Crippen molar-refractivity contribution in [2.45, 2.75) is 19.3 Å². The molecule has 0 aliphatic rings. The van der Waals surface area contributed by atoms with Crippen molar-refractivity contribution in [2.75, 3.05) is 13.7 Å². The first-order valence-corrected chi connectivity index (χ1v) is 4.43. The maximum Gasteiger partial charge on any atom is 0.213 e. The van der Waals surface area contributed by atoms with Gasteiger partial charge in [0.05, 0.1) is 19.4 Å². The number of pyridine rings is 1. The molecule has 0 spiro atoms. The molecule has 1 aromatic rings. The van der Waals surface area contributed by atoms with Crippen LogP contribution >= 0.6 is 0 Å². The van der Waals surface area contributed by atoms with Crippen LogP contribution in [-0.4, -0.2) is 18.7 Å². The van der Waals surface area contributed by atoms with Crippen molar-refractivity contribution in [1.82, 2.24) is 4.98 Å². The number of methoxy groups -OCH3 is 1. The molecule has 0 unspecified atom stereocenters. The molecule has 0 fully saturated rings. The molecule has 0 aliphatic heterocycles. The van der Waals surface area contributed by atoms with E-state index in [1.165, 1.54) is 0 Å². The number of nitrogens with zero attached hydrogens (tertiary/aromatic N) is 1. The Bertz CT molecular complexity index is 300. The minimum atomic E-state index is -0.205. The van der Waals surface area contributed by atoms with Crippen molar-refractivity contribution in [3.63, 3.8) is 0 Å². The van der Waals surface area contributed by atoms with Gasteiger partial charge in [0.2, 0.25) is 5.88 Å². The van der Waals surface area contributed by atoms with E-state index in [-0.39, 0.29) is 5.41 Å². The molecule has 0 aliphatic carbocycles. The Balaban J connectivity index is 2.93. The van der Waals surface area contributed by atoms with E-state index in [1.54, 1.807) is 7.11 Å². The lowest BCUT2D eigenvalue weighted by molar-refractivity contribution is 0.0947. The van der Waals surface area contributed by atoms with Gasteiger partial charge in [-0.1, -0.05) is 19.9 Å². The lowest BCUT2D eigenvalue weighted by atomic mass is 9.90. The first kappa shape index (κ1) is 10.9. The molecule has 0 radical (unpaired) electrons. The third-order valence-electron chi connectivity index (χ3n) is 2.07. The van der Waals surface area contributed by atoms with E-state index in [4.69, 9.17) is 10.6 Å². The predicted molar refractivity (Wildman–Crippen MR) is 54.0 cm³/mol. The fourth-order valence-corrected chi connectivity index (χ4v) is 1.19. The van der Waals surface area contributed by atoms with Crippen molar-refractivity contribution in [1.29, 1.82) is 0 Å². The minimum Gasteiger partial charge on any atom is -0.481 e. The summed E-state index contributed by atoms with van der Waals surface area (Å²) in [5.41, 5.74) is 0.700. The van der Waals surface area contributed by atoms with Gasteiger partial charge in [0, 0.05) is 11.5 Å². The summed E-state index contributed by atoms with van der Waals surface area (Å²) in [5.74, 6) is 5.67. The van der Waals surface area contributed by atoms with Crippen LogP contribution < -0.4 is 10.6 Å². The molecule has 1 rings (SSSR count). The van der Waals surface area contributed by atoms with Crippen LogP contribution in [0.2, 0.25) is 0 Å². The SMILES string of the molecule is COc1cccc(C(C)(C)CON)n1. The van der Waals surface area contributed by atoms with Gasteiger partial charge in [-0.2, -0.15) is 0 Å². The first-order valence-electron chi connectivity index (χ1n) is 4.43. The number of hydrogen-bond donors (Lipinski definition) is 1. The summed E-state index contributed by atoms with van der Waals surface area (Å²) in [6.45, 7) is 4.45. The predicted octanol–water partition coefficient (Wildman–Crippen LogP) is 1.26. The van der Waals surface area contributed by atoms with Crippen LogP contribution in [0, 0.1) is 0 Å². The molecule has 0 amide bonds. The largest absolute Gasteiger partial charge is 0.481 e. The van der Waals surface area contributed by atoms with E-state index < -0.39 is 0 Å². The van der Waals surface area contributed by atoms with E-state index in [9.17, 15) is 0 Å². The summed E-state index contributed by atoms with van der Waals surface area (Å²) in [6, 6.07) is 5.64. The summed E-state index contributed by atoms with van der Waals surface area (Å²) >= 11 is 0. The average Bonchev–Trinajstić information content (AvgIpc) is 2.18. The van der Waals surface area contributed by atoms with Crippen molar-refractivity contribution in [3.05, 3.63) is 23.9 Å². The standard InChI is InChI=1S/C10H16N2O2/c1-10(2,7-14-11)8-5-4-6-9(12-8)13-3/h4-6H,7,11H2,1-3H3. The zero-order valence-electron chi connectivity index (χ0n) is 8.78. The second kappa shape index (κ2) is 4.39. The monoisotopic (exact) mass is 196 g/mol. The smallest absolute Gasteiger partial charge is 0.213 e. The second-order valence-corrected chi connectivity index (χ2v) is 3.76. The number of ether oxygens (including phenoxy) is 1. The van der Waals surface area contributed by atoms with Gasteiger partial charge < -0.3 is 9.57 Å². The van der Waals surface area contributed by atoms with Gasteiger partial charge in [0.15, 0.2) is 0 Å². The van der Waals surface area contributed by atoms with Crippen molar-refractivity contribution >= 4 is 0 Å². The molecule has 0 saturated carbocycles. The van der Waals surface area contributed by atoms with E-state index in [2.05, 4.69) is 9.82 Å². The van der Waals surface area contributed by atoms with Gasteiger partial charge in [-0.25, -0.2) is 10.9 Å². The molecule has 1 aromatic heterocycles.